The predicted molar refractivity (Wildman–Crippen MR) is 61.7 cm³/mol. The third-order valence-corrected chi connectivity index (χ3v) is 2.48. The Morgan fingerprint density at radius 3 is 2.53 bits per heavy atom. The Morgan fingerprint density at radius 2 is 1.95 bits per heavy atom. The molecule has 0 fully saturated rings. The van der Waals surface area contributed by atoms with Gasteiger partial charge >= 0.3 is 5.97 Å². The summed E-state index contributed by atoms with van der Waals surface area (Å²) in [6.45, 7) is 1.25. The summed E-state index contributed by atoms with van der Waals surface area (Å²) in [5.41, 5.74) is -0.208. The molecule has 0 aliphatic heterocycles. The Bertz CT molecular complexity index is 505. The molecule has 19 heavy (non-hydrogen) atoms. The van der Waals surface area contributed by atoms with Gasteiger partial charge in [0.15, 0.2) is 6.10 Å². The minimum Gasteiger partial charge on any atom is -0.479 e. The molecule has 0 unspecified atom stereocenters. The first-order valence-electron chi connectivity index (χ1n) is 5.47. The summed E-state index contributed by atoms with van der Waals surface area (Å²) in [6, 6.07) is 1.67. The van der Waals surface area contributed by atoms with E-state index in [4.69, 9.17) is 10.2 Å². The van der Waals surface area contributed by atoms with Crippen LogP contribution in [0.1, 0.15) is 22.3 Å². The summed E-state index contributed by atoms with van der Waals surface area (Å²) in [4.78, 5) is 21.9. The van der Waals surface area contributed by atoms with E-state index in [9.17, 15) is 18.4 Å². The first kappa shape index (κ1) is 15.0. The van der Waals surface area contributed by atoms with Gasteiger partial charge in [-0.3, -0.25) is 4.79 Å². The van der Waals surface area contributed by atoms with Gasteiger partial charge < -0.3 is 15.5 Å². The maximum atomic E-state index is 13.4. The number of rotatable bonds is 5. The Labute approximate surface area is 107 Å². The zero-order valence-corrected chi connectivity index (χ0v) is 10.1. The van der Waals surface area contributed by atoms with Crippen molar-refractivity contribution in [2.45, 2.75) is 19.4 Å². The first-order chi connectivity index (χ1) is 8.82. The smallest absolute Gasteiger partial charge is 0.332 e. The number of aliphatic hydroxyl groups excluding tert-OH is 1. The van der Waals surface area contributed by atoms with Crippen molar-refractivity contribution >= 4 is 11.9 Å². The second-order valence-corrected chi connectivity index (χ2v) is 3.98. The van der Waals surface area contributed by atoms with Gasteiger partial charge in [0, 0.05) is 19.0 Å². The number of benzene rings is 1. The summed E-state index contributed by atoms with van der Waals surface area (Å²) in [7, 11) is 0. The molecule has 0 radical (unpaired) electrons. The maximum absolute atomic E-state index is 13.4. The van der Waals surface area contributed by atoms with Crippen LogP contribution in [0, 0.1) is 18.6 Å². The zero-order valence-electron chi connectivity index (χ0n) is 10.1. The molecule has 1 atom stereocenters. The number of carboxylic acids is 1. The van der Waals surface area contributed by atoms with Gasteiger partial charge in [-0.25, -0.2) is 13.6 Å². The Balaban J connectivity index is 2.64. The number of carboxylic acid groups (broad SMARTS) is 1. The van der Waals surface area contributed by atoms with Crippen molar-refractivity contribution in [3.8, 4) is 0 Å². The standard InChI is InChI=1S/C12H13F2NO4/c1-6-4-7(9(14)5-8(6)13)11(17)15-3-2-10(16)12(18)19/h4-5,10,16H,2-3H2,1H3,(H,15,17)(H,18,19)/t10-/m0/s1. The largest absolute Gasteiger partial charge is 0.479 e. The van der Waals surface area contributed by atoms with Crippen molar-refractivity contribution in [1.29, 1.82) is 0 Å². The van der Waals surface area contributed by atoms with Crippen LogP contribution < -0.4 is 5.32 Å². The number of carbonyl (C=O) groups excluding carboxylic acids is 1. The Kier molecular flexibility index (Phi) is 4.94. The number of carbonyl (C=O) groups is 2. The number of amides is 1. The van der Waals surface area contributed by atoms with Crippen LogP contribution in [-0.4, -0.2) is 34.7 Å². The van der Waals surface area contributed by atoms with Crippen molar-refractivity contribution < 1.29 is 28.6 Å². The van der Waals surface area contributed by atoms with Gasteiger partial charge in [-0.1, -0.05) is 0 Å². The molecule has 0 bridgehead atoms. The Hall–Kier alpha value is -2.02. The number of aliphatic hydroxyl groups is 1. The number of aliphatic carboxylic acids is 1. The van der Waals surface area contributed by atoms with Gasteiger partial charge in [0.1, 0.15) is 11.6 Å². The number of aryl methyl sites for hydroxylation is 1. The van der Waals surface area contributed by atoms with Crippen molar-refractivity contribution in [1.82, 2.24) is 5.32 Å². The van der Waals surface area contributed by atoms with E-state index in [2.05, 4.69) is 5.32 Å². The van der Waals surface area contributed by atoms with Crippen LogP contribution in [-0.2, 0) is 4.79 Å². The van der Waals surface area contributed by atoms with Gasteiger partial charge in [-0.05, 0) is 18.6 Å². The van der Waals surface area contributed by atoms with Crippen molar-refractivity contribution in [3.05, 3.63) is 34.9 Å². The molecule has 0 aliphatic rings. The molecule has 5 nitrogen and oxygen atoms in total. The summed E-state index contributed by atoms with van der Waals surface area (Å²) < 4.78 is 26.4. The zero-order chi connectivity index (χ0) is 14.6. The first-order valence-corrected chi connectivity index (χ1v) is 5.47. The highest BCUT2D eigenvalue weighted by molar-refractivity contribution is 5.94. The van der Waals surface area contributed by atoms with Crippen LogP contribution in [0.5, 0.6) is 0 Å². The summed E-state index contributed by atoms with van der Waals surface area (Å²) in [5, 5.41) is 19.6. The highest BCUT2D eigenvalue weighted by Crippen LogP contribution is 2.14. The lowest BCUT2D eigenvalue weighted by Crippen LogP contribution is -2.30. The minimum absolute atomic E-state index is 0.122. The number of nitrogens with one attached hydrogen (secondary N) is 1. The van der Waals surface area contributed by atoms with E-state index in [1.165, 1.54) is 6.92 Å². The minimum atomic E-state index is -1.60. The molecule has 0 aromatic heterocycles. The fourth-order valence-corrected chi connectivity index (χ4v) is 1.37. The summed E-state index contributed by atoms with van der Waals surface area (Å²) in [6.07, 6.45) is -1.80. The summed E-state index contributed by atoms with van der Waals surface area (Å²) in [5.74, 6) is -3.95. The van der Waals surface area contributed by atoms with E-state index in [0.29, 0.717) is 6.07 Å². The molecule has 3 N–H and O–H groups in total. The highest BCUT2D eigenvalue weighted by atomic mass is 19.1. The molecule has 104 valence electrons. The van der Waals surface area contributed by atoms with E-state index in [1.54, 1.807) is 0 Å². The third kappa shape index (κ3) is 3.99. The molecule has 1 aromatic carbocycles. The van der Waals surface area contributed by atoms with Crippen molar-refractivity contribution in [3.63, 3.8) is 0 Å². The molecule has 1 aromatic rings. The van der Waals surface area contributed by atoms with Crippen LogP contribution in [0.2, 0.25) is 0 Å². The van der Waals surface area contributed by atoms with Crippen molar-refractivity contribution in [2.24, 2.45) is 0 Å². The van der Waals surface area contributed by atoms with Crippen molar-refractivity contribution in [2.75, 3.05) is 6.54 Å². The second-order valence-electron chi connectivity index (χ2n) is 3.98. The van der Waals surface area contributed by atoms with E-state index < -0.39 is 29.6 Å². The molecule has 0 heterocycles. The van der Waals surface area contributed by atoms with E-state index in [0.717, 1.165) is 6.07 Å². The van der Waals surface area contributed by atoms with Gasteiger partial charge in [-0.2, -0.15) is 0 Å². The Morgan fingerprint density at radius 1 is 1.32 bits per heavy atom. The lowest BCUT2D eigenvalue weighted by atomic mass is 10.1. The summed E-state index contributed by atoms with van der Waals surface area (Å²) >= 11 is 0. The molecular weight excluding hydrogens is 260 g/mol. The fraction of sp³-hybridized carbons (Fsp3) is 0.333. The third-order valence-electron chi connectivity index (χ3n) is 2.48. The average molecular weight is 273 g/mol. The van der Waals surface area contributed by atoms with E-state index >= 15 is 0 Å². The molecule has 1 amide bonds. The van der Waals surface area contributed by atoms with E-state index in [-0.39, 0.29) is 24.1 Å². The molecule has 7 heteroatoms. The van der Waals surface area contributed by atoms with Crippen LogP contribution >= 0.6 is 0 Å². The lowest BCUT2D eigenvalue weighted by molar-refractivity contribution is -0.146. The number of hydrogen-bond acceptors (Lipinski definition) is 3. The number of hydrogen-bond donors (Lipinski definition) is 3. The van der Waals surface area contributed by atoms with E-state index in [1.807, 2.05) is 0 Å². The highest BCUT2D eigenvalue weighted by Gasteiger charge is 2.16. The molecule has 1 rings (SSSR count). The topological polar surface area (TPSA) is 86.6 Å². The molecule has 0 saturated heterocycles. The number of halogens is 2. The monoisotopic (exact) mass is 273 g/mol. The van der Waals surface area contributed by atoms with Crippen LogP contribution in [0.3, 0.4) is 0 Å². The molecule has 0 aliphatic carbocycles. The van der Waals surface area contributed by atoms with Gasteiger partial charge in [-0.15, -0.1) is 0 Å². The molecule has 0 spiro atoms. The lowest BCUT2D eigenvalue weighted by Gasteiger charge is -2.09. The molecular formula is C12H13F2NO4. The van der Waals surface area contributed by atoms with Crippen LogP contribution in [0.15, 0.2) is 12.1 Å². The van der Waals surface area contributed by atoms with Gasteiger partial charge in [0.05, 0.1) is 5.56 Å². The quantitative estimate of drug-likeness (QED) is 0.742. The fourth-order valence-electron chi connectivity index (χ4n) is 1.37. The van der Waals surface area contributed by atoms with Crippen LogP contribution in [0.4, 0.5) is 8.78 Å². The normalized spacial score (nSPS) is 12.0. The van der Waals surface area contributed by atoms with Crippen LogP contribution in [0.25, 0.3) is 0 Å². The van der Waals surface area contributed by atoms with Gasteiger partial charge in [0.2, 0.25) is 0 Å². The predicted octanol–water partition coefficient (Wildman–Crippen LogP) is 0.839. The molecule has 0 saturated carbocycles. The van der Waals surface area contributed by atoms with Gasteiger partial charge in [0.25, 0.3) is 5.91 Å². The maximum Gasteiger partial charge on any atom is 0.332 e. The SMILES string of the molecule is Cc1cc(C(=O)NCC[C@H](O)C(=O)O)c(F)cc1F. The second kappa shape index (κ2) is 6.24. The average Bonchev–Trinajstić information content (AvgIpc) is 2.33.